The number of amides is 1. The number of hydrogen-bond donors (Lipinski definition) is 1. The molecule has 5 nitrogen and oxygen atoms in total. The number of carbonyl (C=O) groups is 1. The summed E-state index contributed by atoms with van der Waals surface area (Å²) in [6.45, 7) is 2.44. The zero-order chi connectivity index (χ0) is 14.5. The van der Waals surface area contributed by atoms with E-state index in [1.165, 1.54) is 0 Å². The van der Waals surface area contributed by atoms with Crippen molar-refractivity contribution in [1.82, 2.24) is 10.1 Å². The SMILES string of the molecule is Cc1cc(CNc2ccccc2CC(=O)N(C)C)no1. The first kappa shape index (κ1) is 14.1. The third-order valence-corrected chi connectivity index (χ3v) is 2.99. The molecule has 1 aromatic carbocycles. The van der Waals surface area contributed by atoms with Crippen LogP contribution in [-0.4, -0.2) is 30.1 Å². The van der Waals surface area contributed by atoms with E-state index in [4.69, 9.17) is 4.52 Å². The number of likely N-dealkylation sites (N-methyl/N-ethyl adjacent to an activating group) is 1. The summed E-state index contributed by atoms with van der Waals surface area (Å²) in [5.41, 5.74) is 2.77. The Morgan fingerprint density at radius 2 is 2.10 bits per heavy atom. The quantitative estimate of drug-likeness (QED) is 0.907. The second-order valence-electron chi connectivity index (χ2n) is 4.90. The van der Waals surface area contributed by atoms with Crippen molar-refractivity contribution in [2.24, 2.45) is 0 Å². The summed E-state index contributed by atoms with van der Waals surface area (Å²) in [6.07, 6.45) is 0.383. The monoisotopic (exact) mass is 273 g/mol. The lowest BCUT2D eigenvalue weighted by Gasteiger charge is -2.14. The molecule has 1 amide bonds. The number of nitrogens with zero attached hydrogens (tertiary/aromatic N) is 2. The summed E-state index contributed by atoms with van der Waals surface area (Å²) in [7, 11) is 3.52. The molecule has 106 valence electrons. The Labute approximate surface area is 118 Å². The maximum atomic E-state index is 11.8. The second kappa shape index (κ2) is 6.23. The fourth-order valence-electron chi connectivity index (χ4n) is 1.86. The molecule has 0 bridgehead atoms. The standard InChI is InChI=1S/C15H19N3O2/c1-11-8-13(17-20-11)10-16-14-7-5-4-6-12(14)9-15(19)18(2)3/h4-8,16H,9-10H2,1-3H3. The first-order valence-electron chi connectivity index (χ1n) is 6.50. The van der Waals surface area contributed by atoms with Crippen molar-refractivity contribution in [3.63, 3.8) is 0 Å². The number of anilines is 1. The van der Waals surface area contributed by atoms with Gasteiger partial charge in [0.25, 0.3) is 0 Å². The first-order chi connectivity index (χ1) is 9.56. The molecule has 0 saturated carbocycles. The van der Waals surface area contributed by atoms with Gasteiger partial charge in [0.2, 0.25) is 5.91 Å². The van der Waals surface area contributed by atoms with Crippen LogP contribution in [0.5, 0.6) is 0 Å². The van der Waals surface area contributed by atoms with Crippen molar-refractivity contribution in [3.8, 4) is 0 Å². The normalized spacial score (nSPS) is 10.3. The summed E-state index contributed by atoms with van der Waals surface area (Å²) >= 11 is 0. The van der Waals surface area contributed by atoms with E-state index in [1.54, 1.807) is 19.0 Å². The van der Waals surface area contributed by atoms with Gasteiger partial charge < -0.3 is 14.7 Å². The number of nitrogens with one attached hydrogen (secondary N) is 1. The Balaban J connectivity index is 2.05. The smallest absolute Gasteiger partial charge is 0.226 e. The highest BCUT2D eigenvalue weighted by atomic mass is 16.5. The van der Waals surface area contributed by atoms with Crippen molar-refractivity contribution in [2.45, 2.75) is 19.9 Å². The van der Waals surface area contributed by atoms with E-state index in [9.17, 15) is 4.79 Å². The Morgan fingerprint density at radius 1 is 1.35 bits per heavy atom. The third kappa shape index (κ3) is 3.60. The van der Waals surface area contributed by atoms with E-state index < -0.39 is 0 Å². The summed E-state index contributed by atoms with van der Waals surface area (Å²) in [5.74, 6) is 0.870. The lowest BCUT2D eigenvalue weighted by atomic mass is 10.1. The molecule has 0 fully saturated rings. The zero-order valence-electron chi connectivity index (χ0n) is 12.0. The average Bonchev–Trinajstić information content (AvgIpc) is 2.83. The van der Waals surface area contributed by atoms with Gasteiger partial charge in [0, 0.05) is 25.8 Å². The number of hydrogen-bond acceptors (Lipinski definition) is 4. The molecule has 0 unspecified atom stereocenters. The second-order valence-corrected chi connectivity index (χ2v) is 4.90. The lowest BCUT2D eigenvalue weighted by Crippen LogP contribution is -2.23. The summed E-state index contributed by atoms with van der Waals surface area (Å²) in [5, 5.41) is 7.23. The van der Waals surface area contributed by atoms with Gasteiger partial charge in [0.15, 0.2) is 0 Å². The number of para-hydroxylation sites is 1. The molecule has 1 N–H and O–H groups in total. The Morgan fingerprint density at radius 3 is 2.75 bits per heavy atom. The van der Waals surface area contributed by atoms with Gasteiger partial charge in [-0.1, -0.05) is 23.4 Å². The van der Waals surface area contributed by atoms with Gasteiger partial charge in [-0.05, 0) is 18.6 Å². The number of aromatic nitrogens is 1. The molecule has 1 aromatic heterocycles. The molecule has 0 aliphatic rings. The molecule has 2 aromatic rings. The van der Waals surface area contributed by atoms with Crippen LogP contribution in [0.4, 0.5) is 5.69 Å². The van der Waals surface area contributed by atoms with Crippen LogP contribution in [0.25, 0.3) is 0 Å². The molecule has 0 saturated heterocycles. The highest BCUT2D eigenvalue weighted by Gasteiger charge is 2.09. The minimum atomic E-state index is 0.0801. The number of aryl methyl sites for hydroxylation is 1. The predicted octanol–water partition coefficient (Wildman–Crippen LogP) is 2.23. The van der Waals surface area contributed by atoms with Crippen LogP contribution in [0, 0.1) is 6.92 Å². The van der Waals surface area contributed by atoms with Crippen molar-refractivity contribution in [3.05, 3.63) is 47.3 Å². The van der Waals surface area contributed by atoms with Gasteiger partial charge in [-0.15, -0.1) is 0 Å². The van der Waals surface area contributed by atoms with Crippen LogP contribution in [0.2, 0.25) is 0 Å². The number of benzene rings is 1. The van der Waals surface area contributed by atoms with Crippen LogP contribution in [0.15, 0.2) is 34.9 Å². The van der Waals surface area contributed by atoms with Gasteiger partial charge in [-0.25, -0.2) is 0 Å². The van der Waals surface area contributed by atoms with Crippen LogP contribution in [0.3, 0.4) is 0 Å². The van der Waals surface area contributed by atoms with Crippen molar-refractivity contribution in [1.29, 1.82) is 0 Å². The van der Waals surface area contributed by atoms with Gasteiger partial charge in [0.1, 0.15) is 11.5 Å². The van der Waals surface area contributed by atoms with Crippen LogP contribution >= 0.6 is 0 Å². The molecule has 0 radical (unpaired) electrons. The molecule has 2 rings (SSSR count). The van der Waals surface area contributed by atoms with Gasteiger partial charge in [-0.3, -0.25) is 4.79 Å². The van der Waals surface area contributed by atoms with E-state index in [1.807, 2.05) is 37.3 Å². The molecule has 5 heteroatoms. The zero-order valence-corrected chi connectivity index (χ0v) is 12.0. The topological polar surface area (TPSA) is 58.4 Å². The minimum Gasteiger partial charge on any atom is -0.379 e. The van der Waals surface area contributed by atoms with Gasteiger partial charge in [0.05, 0.1) is 13.0 Å². The predicted molar refractivity (Wildman–Crippen MR) is 77.4 cm³/mol. The lowest BCUT2D eigenvalue weighted by molar-refractivity contribution is -0.127. The highest BCUT2D eigenvalue weighted by Crippen LogP contribution is 2.17. The molecule has 0 aliphatic heterocycles. The summed E-state index contributed by atoms with van der Waals surface area (Å²) in [4.78, 5) is 13.4. The summed E-state index contributed by atoms with van der Waals surface area (Å²) < 4.78 is 5.03. The van der Waals surface area contributed by atoms with Crippen molar-refractivity contribution < 1.29 is 9.32 Å². The van der Waals surface area contributed by atoms with Gasteiger partial charge in [-0.2, -0.15) is 0 Å². The fraction of sp³-hybridized carbons (Fsp3) is 0.333. The molecular weight excluding hydrogens is 254 g/mol. The fourth-order valence-corrected chi connectivity index (χ4v) is 1.86. The van der Waals surface area contributed by atoms with Crippen LogP contribution in [0.1, 0.15) is 17.0 Å². The maximum absolute atomic E-state index is 11.8. The van der Waals surface area contributed by atoms with E-state index in [-0.39, 0.29) is 5.91 Å². The molecule has 1 heterocycles. The average molecular weight is 273 g/mol. The van der Waals surface area contributed by atoms with E-state index in [2.05, 4.69) is 10.5 Å². The molecule has 0 spiro atoms. The van der Waals surface area contributed by atoms with E-state index >= 15 is 0 Å². The largest absolute Gasteiger partial charge is 0.379 e. The molecule has 0 atom stereocenters. The highest BCUT2D eigenvalue weighted by molar-refractivity contribution is 5.80. The minimum absolute atomic E-state index is 0.0801. The third-order valence-electron chi connectivity index (χ3n) is 2.99. The van der Waals surface area contributed by atoms with Crippen LogP contribution < -0.4 is 5.32 Å². The Bertz CT molecular complexity index is 590. The van der Waals surface area contributed by atoms with Gasteiger partial charge >= 0.3 is 0 Å². The Kier molecular flexibility index (Phi) is 4.40. The Hall–Kier alpha value is -2.30. The number of rotatable bonds is 5. The maximum Gasteiger partial charge on any atom is 0.226 e. The van der Waals surface area contributed by atoms with Crippen LogP contribution in [-0.2, 0) is 17.8 Å². The first-order valence-corrected chi connectivity index (χ1v) is 6.50. The molecular formula is C15H19N3O2. The van der Waals surface area contributed by atoms with Crippen molar-refractivity contribution >= 4 is 11.6 Å². The number of carbonyl (C=O) groups excluding carboxylic acids is 1. The molecule has 0 aliphatic carbocycles. The van der Waals surface area contributed by atoms with E-state index in [0.717, 1.165) is 22.7 Å². The molecule has 20 heavy (non-hydrogen) atoms. The van der Waals surface area contributed by atoms with Crippen molar-refractivity contribution in [2.75, 3.05) is 19.4 Å². The van der Waals surface area contributed by atoms with E-state index in [0.29, 0.717) is 13.0 Å². The summed E-state index contributed by atoms with van der Waals surface area (Å²) in [6, 6.07) is 9.69.